The van der Waals surface area contributed by atoms with E-state index in [9.17, 15) is 19.2 Å². The summed E-state index contributed by atoms with van der Waals surface area (Å²) in [7, 11) is 0. The maximum absolute atomic E-state index is 13.9. The van der Waals surface area contributed by atoms with E-state index in [1.165, 1.54) is 0 Å². The number of carbonyl (C=O) groups is 4. The molecule has 2 aliphatic heterocycles. The van der Waals surface area contributed by atoms with Crippen LogP contribution in [0.2, 0.25) is 5.02 Å². The summed E-state index contributed by atoms with van der Waals surface area (Å²) in [5.41, 5.74) is 7.14. The number of hydrogen-bond acceptors (Lipinski definition) is 8. The summed E-state index contributed by atoms with van der Waals surface area (Å²) in [6.45, 7) is 3.63. The van der Waals surface area contributed by atoms with Crippen LogP contribution in [0, 0.1) is 0 Å². The fraction of sp³-hybridized carbons (Fsp3) is 0.286. The van der Waals surface area contributed by atoms with Gasteiger partial charge in [0.1, 0.15) is 16.8 Å². The van der Waals surface area contributed by atoms with E-state index in [2.05, 4.69) is 5.32 Å². The zero-order chi connectivity index (χ0) is 27.2. The van der Waals surface area contributed by atoms with Gasteiger partial charge in [0.05, 0.1) is 18.8 Å². The number of Topliss-reactive ketones (excluding diaryl/α,β-unsaturated/α-hetero) is 1. The van der Waals surface area contributed by atoms with Crippen LogP contribution in [0.15, 0.2) is 65.1 Å². The van der Waals surface area contributed by atoms with Gasteiger partial charge in [-0.05, 0) is 69.2 Å². The van der Waals surface area contributed by atoms with E-state index in [0.717, 1.165) is 0 Å². The first-order chi connectivity index (χ1) is 18.2. The molecule has 0 saturated carbocycles. The van der Waals surface area contributed by atoms with Crippen molar-refractivity contribution in [3.05, 3.63) is 81.3 Å². The number of halogens is 1. The lowest BCUT2D eigenvalue weighted by Crippen LogP contribution is -2.53. The Kier molecular flexibility index (Phi) is 6.48. The lowest BCUT2D eigenvalue weighted by Gasteiger charge is -2.44. The number of allylic oxidation sites excluding steroid dienone is 1. The summed E-state index contributed by atoms with van der Waals surface area (Å²) in [5, 5.41) is 3.16. The number of amides is 1. The molecule has 0 radical (unpaired) electrons. The van der Waals surface area contributed by atoms with Crippen LogP contribution in [0.1, 0.15) is 49.0 Å². The summed E-state index contributed by atoms with van der Waals surface area (Å²) < 4.78 is 10.5. The predicted octanol–water partition coefficient (Wildman–Crippen LogP) is 3.97. The van der Waals surface area contributed by atoms with Gasteiger partial charge in [0.25, 0.3) is 0 Å². The number of hydrogen-bond donors (Lipinski definition) is 2. The normalized spacial score (nSPS) is 20.3. The highest BCUT2D eigenvalue weighted by Crippen LogP contribution is 2.56. The van der Waals surface area contributed by atoms with Crippen molar-refractivity contribution in [2.75, 3.05) is 23.4 Å². The number of esters is 2. The molecular formula is C28H26ClN3O6. The Labute approximate surface area is 224 Å². The van der Waals surface area contributed by atoms with Crippen LogP contribution in [0.25, 0.3) is 0 Å². The Morgan fingerprint density at radius 2 is 1.71 bits per heavy atom. The molecule has 0 bridgehead atoms. The summed E-state index contributed by atoms with van der Waals surface area (Å²) in [4.78, 5) is 55.0. The van der Waals surface area contributed by atoms with Crippen molar-refractivity contribution in [3.8, 4) is 0 Å². The van der Waals surface area contributed by atoms with Gasteiger partial charge in [0.15, 0.2) is 5.78 Å². The molecule has 9 nitrogen and oxygen atoms in total. The summed E-state index contributed by atoms with van der Waals surface area (Å²) >= 11 is 6.35. The van der Waals surface area contributed by atoms with Crippen molar-refractivity contribution in [2.45, 2.75) is 38.5 Å². The number of nitrogens with one attached hydrogen (secondary N) is 1. The number of anilines is 2. The molecule has 1 amide bonds. The molecule has 196 valence electrons. The highest BCUT2D eigenvalue weighted by Gasteiger charge is 2.62. The van der Waals surface area contributed by atoms with Gasteiger partial charge in [-0.25, -0.2) is 9.59 Å². The number of ketones is 1. The van der Waals surface area contributed by atoms with Crippen molar-refractivity contribution < 1.29 is 28.7 Å². The minimum Gasteiger partial charge on any atom is -0.462 e. The van der Waals surface area contributed by atoms with Crippen molar-refractivity contribution in [3.63, 3.8) is 0 Å². The third-order valence-electron chi connectivity index (χ3n) is 6.99. The second kappa shape index (κ2) is 9.64. The average Bonchev–Trinajstić information content (AvgIpc) is 3.16. The minimum absolute atomic E-state index is 0.0316. The van der Waals surface area contributed by atoms with E-state index in [4.69, 9.17) is 26.8 Å². The Balaban J connectivity index is 1.80. The quantitative estimate of drug-likeness (QED) is 0.550. The van der Waals surface area contributed by atoms with Crippen LogP contribution in [-0.4, -0.2) is 36.8 Å². The molecule has 1 aliphatic carbocycles. The smallest absolute Gasteiger partial charge is 0.339 e. The minimum atomic E-state index is -1.81. The number of nitrogens with zero attached hydrogens (tertiary/aromatic N) is 1. The number of benzene rings is 2. The summed E-state index contributed by atoms with van der Waals surface area (Å²) in [6, 6.07) is 11.3. The first-order valence-electron chi connectivity index (χ1n) is 12.4. The molecule has 1 unspecified atom stereocenters. The Morgan fingerprint density at radius 1 is 1.03 bits per heavy atom. The molecule has 2 heterocycles. The molecular weight excluding hydrogens is 510 g/mol. The number of nitrogens with two attached hydrogens (primary N) is 1. The molecule has 10 heteroatoms. The highest BCUT2D eigenvalue weighted by atomic mass is 35.5. The van der Waals surface area contributed by atoms with Gasteiger partial charge in [-0.3, -0.25) is 14.5 Å². The number of ether oxygens (including phenoxy) is 2. The Bertz CT molecular complexity index is 1440. The molecule has 0 aromatic heterocycles. The molecule has 38 heavy (non-hydrogen) atoms. The molecule has 3 aliphatic rings. The Hall–Kier alpha value is -4.11. The predicted molar refractivity (Wildman–Crippen MR) is 140 cm³/mol. The van der Waals surface area contributed by atoms with E-state index >= 15 is 0 Å². The van der Waals surface area contributed by atoms with Crippen molar-refractivity contribution in [1.29, 1.82) is 0 Å². The third kappa shape index (κ3) is 3.68. The van der Waals surface area contributed by atoms with Crippen LogP contribution in [0.3, 0.4) is 0 Å². The van der Waals surface area contributed by atoms with Gasteiger partial charge in [-0.15, -0.1) is 0 Å². The zero-order valence-corrected chi connectivity index (χ0v) is 21.7. The fourth-order valence-electron chi connectivity index (χ4n) is 5.54. The van der Waals surface area contributed by atoms with Gasteiger partial charge < -0.3 is 20.5 Å². The molecule has 5 rings (SSSR count). The van der Waals surface area contributed by atoms with E-state index in [-0.39, 0.29) is 42.4 Å². The molecule has 1 spiro atoms. The van der Waals surface area contributed by atoms with Crippen LogP contribution < -0.4 is 16.0 Å². The summed E-state index contributed by atoms with van der Waals surface area (Å²) in [5.74, 6) is -2.16. The molecule has 2 aromatic carbocycles. The highest BCUT2D eigenvalue weighted by molar-refractivity contribution is 6.31. The standard InChI is InChI=1S/C28H26ClN3O6/c1-3-37-25(34)15-8-11-17(12-9-15)32-20-6-5-7-21(33)22(20)28(23(24(32)30)26(35)38-4-2)18-14-16(29)10-13-19(18)31-27(28)36/h8-14H,3-7,30H2,1-2H3,(H,31,36). The van der Waals surface area contributed by atoms with Gasteiger partial charge in [-0.1, -0.05) is 11.6 Å². The first kappa shape index (κ1) is 25.5. The SMILES string of the molecule is CCOC(=O)C1=C(N)N(c2ccc(C(=O)OCC)cc2)C2=C(C(=O)CCC2)C12C(=O)Nc1ccc(Cl)cc12. The molecule has 0 saturated heterocycles. The van der Waals surface area contributed by atoms with E-state index in [0.29, 0.717) is 46.1 Å². The van der Waals surface area contributed by atoms with Gasteiger partial charge >= 0.3 is 11.9 Å². The second-order valence-corrected chi connectivity index (χ2v) is 9.51. The van der Waals surface area contributed by atoms with E-state index < -0.39 is 23.3 Å². The first-order valence-corrected chi connectivity index (χ1v) is 12.8. The number of fused-ring (bicyclic) bond motifs is 3. The monoisotopic (exact) mass is 535 g/mol. The van der Waals surface area contributed by atoms with Crippen LogP contribution >= 0.6 is 11.6 Å². The second-order valence-electron chi connectivity index (χ2n) is 9.08. The van der Waals surface area contributed by atoms with Gasteiger partial charge in [0.2, 0.25) is 5.91 Å². The average molecular weight is 536 g/mol. The number of carbonyl (C=O) groups excluding carboxylic acids is 4. The number of rotatable bonds is 5. The molecule has 1 atom stereocenters. The fourth-order valence-corrected chi connectivity index (χ4v) is 5.71. The van der Waals surface area contributed by atoms with Crippen LogP contribution in [0.5, 0.6) is 0 Å². The van der Waals surface area contributed by atoms with Gasteiger partial charge in [-0.2, -0.15) is 0 Å². The van der Waals surface area contributed by atoms with Crippen LogP contribution in [-0.2, 0) is 29.3 Å². The molecule has 3 N–H and O–H groups in total. The maximum Gasteiger partial charge on any atom is 0.339 e. The zero-order valence-electron chi connectivity index (χ0n) is 20.9. The summed E-state index contributed by atoms with van der Waals surface area (Å²) in [6.07, 6.45) is 1.18. The van der Waals surface area contributed by atoms with Crippen molar-refractivity contribution in [1.82, 2.24) is 0 Å². The largest absolute Gasteiger partial charge is 0.462 e. The lowest BCUT2D eigenvalue weighted by atomic mass is 9.63. The van der Waals surface area contributed by atoms with Crippen LogP contribution in [0.4, 0.5) is 11.4 Å². The third-order valence-corrected chi connectivity index (χ3v) is 7.23. The molecule has 0 fully saturated rings. The van der Waals surface area contributed by atoms with Gasteiger partial charge in [0, 0.05) is 39.7 Å². The maximum atomic E-state index is 13.9. The van der Waals surface area contributed by atoms with Crippen molar-refractivity contribution in [2.24, 2.45) is 5.73 Å². The van der Waals surface area contributed by atoms with Crippen molar-refractivity contribution >= 4 is 46.6 Å². The lowest BCUT2D eigenvalue weighted by molar-refractivity contribution is -0.140. The molecule has 2 aromatic rings. The topological polar surface area (TPSA) is 128 Å². The Morgan fingerprint density at radius 3 is 2.39 bits per heavy atom. The van der Waals surface area contributed by atoms with E-state index in [1.807, 2.05) is 0 Å². The van der Waals surface area contributed by atoms with E-state index in [1.54, 1.807) is 61.2 Å².